The van der Waals surface area contributed by atoms with Crippen molar-refractivity contribution in [3.05, 3.63) is 70.0 Å². The van der Waals surface area contributed by atoms with E-state index in [0.29, 0.717) is 0 Å². The van der Waals surface area contributed by atoms with Crippen molar-refractivity contribution in [1.82, 2.24) is 5.43 Å². The van der Waals surface area contributed by atoms with Crippen LogP contribution in [-0.2, 0) is 6.42 Å². The van der Waals surface area contributed by atoms with Crippen LogP contribution < -0.4 is 11.3 Å². The van der Waals surface area contributed by atoms with Crippen LogP contribution in [0.15, 0.2) is 36.4 Å². The van der Waals surface area contributed by atoms with Crippen LogP contribution in [-0.4, -0.2) is 0 Å². The fourth-order valence-electron chi connectivity index (χ4n) is 1.98. The van der Waals surface area contributed by atoms with E-state index < -0.39 is 23.5 Å². The summed E-state index contributed by atoms with van der Waals surface area (Å²) in [6, 6.07) is 7.20. The third-order valence-electron chi connectivity index (χ3n) is 3.03. The van der Waals surface area contributed by atoms with Gasteiger partial charge in [0, 0.05) is 16.1 Å². The van der Waals surface area contributed by atoms with Crippen molar-refractivity contribution >= 4 is 11.6 Å². The summed E-state index contributed by atoms with van der Waals surface area (Å²) < 4.78 is 40.7. The van der Waals surface area contributed by atoms with E-state index in [2.05, 4.69) is 5.43 Å². The summed E-state index contributed by atoms with van der Waals surface area (Å²) in [6.45, 7) is 0. The topological polar surface area (TPSA) is 38.0 Å². The van der Waals surface area contributed by atoms with E-state index in [9.17, 15) is 13.2 Å². The molecule has 0 amide bonds. The highest BCUT2D eigenvalue weighted by Gasteiger charge is 2.20. The third-order valence-corrected chi connectivity index (χ3v) is 3.38. The molecular weight excluding hydrogens is 289 g/mol. The molecule has 6 heteroatoms. The lowest BCUT2D eigenvalue weighted by molar-refractivity contribution is 0.460. The Morgan fingerprint density at radius 1 is 1.05 bits per heavy atom. The summed E-state index contributed by atoms with van der Waals surface area (Å²) in [5.41, 5.74) is 2.57. The lowest BCUT2D eigenvalue weighted by Crippen LogP contribution is -2.30. The minimum absolute atomic E-state index is 0.00236. The van der Waals surface area contributed by atoms with E-state index in [1.807, 2.05) is 0 Å². The number of nitrogens with one attached hydrogen (secondary N) is 1. The van der Waals surface area contributed by atoms with Gasteiger partial charge in [-0.2, -0.15) is 0 Å². The molecule has 2 aromatic rings. The Bertz CT molecular complexity index is 599. The molecule has 106 valence electrons. The van der Waals surface area contributed by atoms with Crippen molar-refractivity contribution in [3.8, 4) is 0 Å². The van der Waals surface area contributed by atoms with Gasteiger partial charge in [-0.05, 0) is 24.6 Å². The molecule has 0 fully saturated rings. The van der Waals surface area contributed by atoms with Crippen LogP contribution in [0.5, 0.6) is 0 Å². The molecule has 0 bridgehead atoms. The Labute approximate surface area is 119 Å². The smallest absolute Gasteiger partial charge is 0.163 e. The van der Waals surface area contributed by atoms with Crippen molar-refractivity contribution in [2.75, 3.05) is 0 Å². The van der Waals surface area contributed by atoms with Gasteiger partial charge in [0.2, 0.25) is 0 Å². The minimum atomic E-state index is -1.01. The molecule has 0 spiro atoms. The van der Waals surface area contributed by atoms with E-state index in [1.54, 1.807) is 0 Å². The first-order valence-electron chi connectivity index (χ1n) is 5.87. The van der Waals surface area contributed by atoms with E-state index >= 15 is 0 Å². The SMILES string of the molecule is NNC(Cc1c(F)cccc1Cl)c1cccc(F)c1F. The van der Waals surface area contributed by atoms with E-state index in [0.717, 1.165) is 6.07 Å². The van der Waals surface area contributed by atoms with Crippen LogP contribution in [0.3, 0.4) is 0 Å². The number of rotatable bonds is 4. The maximum Gasteiger partial charge on any atom is 0.163 e. The average Bonchev–Trinajstić information content (AvgIpc) is 2.42. The molecular formula is C14H12ClF3N2. The molecule has 2 nitrogen and oxygen atoms in total. The van der Waals surface area contributed by atoms with Crippen molar-refractivity contribution < 1.29 is 13.2 Å². The Morgan fingerprint density at radius 2 is 1.70 bits per heavy atom. The van der Waals surface area contributed by atoms with Gasteiger partial charge in [-0.3, -0.25) is 11.3 Å². The summed E-state index contributed by atoms with van der Waals surface area (Å²) in [7, 11) is 0. The zero-order valence-electron chi connectivity index (χ0n) is 10.3. The number of hydrogen-bond acceptors (Lipinski definition) is 2. The Morgan fingerprint density at radius 3 is 2.35 bits per heavy atom. The second-order valence-corrected chi connectivity index (χ2v) is 4.67. The Balaban J connectivity index is 2.37. The lowest BCUT2D eigenvalue weighted by atomic mass is 9.98. The van der Waals surface area contributed by atoms with Gasteiger partial charge in [-0.15, -0.1) is 0 Å². The molecule has 0 aliphatic heterocycles. The fourth-order valence-corrected chi connectivity index (χ4v) is 2.22. The van der Waals surface area contributed by atoms with Crippen LogP contribution in [0.25, 0.3) is 0 Å². The number of nitrogens with two attached hydrogens (primary N) is 1. The predicted octanol–water partition coefficient (Wildman–Crippen LogP) is 3.50. The first-order chi connectivity index (χ1) is 9.54. The van der Waals surface area contributed by atoms with Gasteiger partial charge < -0.3 is 0 Å². The zero-order chi connectivity index (χ0) is 14.7. The molecule has 0 aliphatic rings. The van der Waals surface area contributed by atoms with Gasteiger partial charge in [-0.25, -0.2) is 13.2 Å². The second-order valence-electron chi connectivity index (χ2n) is 4.27. The average molecular weight is 301 g/mol. The fraction of sp³-hybridized carbons (Fsp3) is 0.143. The molecule has 1 unspecified atom stereocenters. The van der Waals surface area contributed by atoms with Gasteiger partial charge >= 0.3 is 0 Å². The number of benzene rings is 2. The summed E-state index contributed by atoms with van der Waals surface area (Å²) in [5, 5.41) is 0.210. The molecule has 0 saturated carbocycles. The lowest BCUT2D eigenvalue weighted by Gasteiger charge is -2.18. The zero-order valence-corrected chi connectivity index (χ0v) is 11.1. The molecule has 0 aliphatic carbocycles. The number of halogens is 4. The largest absolute Gasteiger partial charge is 0.271 e. The van der Waals surface area contributed by atoms with Gasteiger partial charge in [0.15, 0.2) is 11.6 Å². The molecule has 0 heterocycles. The normalized spacial score (nSPS) is 12.4. The molecule has 0 radical (unpaired) electrons. The molecule has 1 atom stereocenters. The molecule has 2 aromatic carbocycles. The first-order valence-corrected chi connectivity index (χ1v) is 6.25. The molecule has 0 aromatic heterocycles. The maximum absolute atomic E-state index is 13.7. The Hall–Kier alpha value is -1.56. The Kier molecular flexibility index (Phi) is 4.65. The van der Waals surface area contributed by atoms with Crippen LogP contribution in [0, 0.1) is 17.5 Å². The van der Waals surface area contributed by atoms with Gasteiger partial charge in [0.25, 0.3) is 0 Å². The van der Waals surface area contributed by atoms with Crippen molar-refractivity contribution in [1.29, 1.82) is 0 Å². The molecule has 20 heavy (non-hydrogen) atoms. The minimum Gasteiger partial charge on any atom is -0.271 e. The highest BCUT2D eigenvalue weighted by Crippen LogP contribution is 2.27. The second kappa shape index (κ2) is 6.26. The van der Waals surface area contributed by atoms with E-state index in [1.165, 1.54) is 30.3 Å². The van der Waals surface area contributed by atoms with E-state index in [4.69, 9.17) is 17.4 Å². The summed E-state index contributed by atoms with van der Waals surface area (Å²) >= 11 is 5.91. The van der Waals surface area contributed by atoms with Gasteiger partial charge in [0.1, 0.15) is 5.82 Å². The monoisotopic (exact) mass is 300 g/mol. The van der Waals surface area contributed by atoms with Gasteiger partial charge in [-0.1, -0.05) is 29.8 Å². The quantitative estimate of drug-likeness (QED) is 0.670. The molecule has 3 N–H and O–H groups in total. The van der Waals surface area contributed by atoms with Crippen LogP contribution in [0.2, 0.25) is 5.02 Å². The third kappa shape index (κ3) is 2.95. The highest BCUT2D eigenvalue weighted by molar-refractivity contribution is 6.31. The van der Waals surface area contributed by atoms with Crippen LogP contribution in [0.4, 0.5) is 13.2 Å². The van der Waals surface area contributed by atoms with Crippen molar-refractivity contribution in [2.45, 2.75) is 12.5 Å². The summed E-state index contributed by atoms with van der Waals surface area (Å²) in [6.07, 6.45) is 0.00236. The molecule has 0 saturated heterocycles. The van der Waals surface area contributed by atoms with E-state index in [-0.39, 0.29) is 22.6 Å². The standard InChI is InChI=1S/C14H12ClF3N2/c15-10-4-2-5-11(16)9(10)7-13(20-19)8-3-1-6-12(17)14(8)18/h1-6,13,20H,7,19H2. The predicted molar refractivity (Wildman–Crippen MR) is 71.5 cm³/mol. The number of hydrazine groups is 1. The maximum atomic E-state index is 13.7. The number of hydrogen-bond donors (Lipinski definition) is 2. The van der Waals surface area contributed by atoms with Gasteiger partial charge in [0.05, 0.1) is 6.04 Å². The molecule has 2 rings (SSSR count). The van der Waals surface area contributed by atoms with Crippen molar-refractivity contribution in [2.24, 2.45) is 5.84 Å². The van der Waals surface area contributed by atoms with Crippen LogP contribution >= 0.6 is 11.6 Å². The van der Waals surface area contributed by atoms with Crippen LogP contribution in [0.1, 0.15) is 17.2 Å². The van der Waals surface area contributed by atoms with Crippen molar-refractivity contribution in [3.63, 3.8) is 0 Å². The summed E-state index contributed by atoms with van der Waals surface area (Å²) in [5.74, 6) is 2.85. The first kappa shape index (κ1) is 14.8. The summed E-state index contributed by atoms with van der Waals surface area (Å²) in [4.78, 5) is 0. The highest BCUT2D eigenvalue weighted by atomic mass is 35.5.